The summed E-state index contributed by atoms with van der Waals surface area (Å²) in [5, 5.41) is 20.4. The Morgan fingerprint density at radius 3 is 2.62 bits per heavy atom. The lowest BCUT2D eigenvalue weighted by Crippen LogP contribution is -1.97. The summed E-state index contributed by atoms with van der Waals surface area (Å²) in [5.41, 5.74) is 0.0973. The largest absolute Gasteiger partial charge is 0.450 e. The van der Waals surface area contributed by atoms with Crippen LogP contribution in [0.5, 0.6) is 11.5 Å². The molecule has 7 heteroatoms. The Balaban J connectivity index is 2.39. The molecule has 1 atom stereocenters. The lowest BCUT2D eigenvalue weighted by molar-refractivity contribution is -0.385. The molecule has 0 heterocycles. The summed E-state index contributed by atoms with van der Waals surface area (Å²) in [6, 6.07) is 7.76. The molecule has 110 valence electrons. The first-order valence-electron chi connectivity index (χ1n) is 5.98. The van der Waals surface area contributed by atoms with Crippen LogP contribution in [0.1, 0.15) is 18.6 Å². The second-order valence-electron chi connectivity index (χ2n) is 4.34. The van der Waals surface area contributed by atoms with Crippen molar-refractivity contribution in [2.75, 3.05) is 0 Å². The lowest BCUT2D eigenvalue weighted by Gasteiger charge is -2.09. The number of rotatable bonds is 4. The van der Waals surface area contributed by atoms with Crippen LogP contribution in [0.3, 0.4) is 0 Å². The first kappa shape index (κ1) is 15.2. The van der Waals surface area contributed by atoms with Crippen LogP contribution in [0.25, 0.3) is 0 Å². The number of halogens is 2. The maximum Gasteiger partial charge on any atom is 0.311 e. The first-order chi connectivity index (χ1) is 9.88. The summed E-state index contributed by atoms with van der Waals surface area (Å²) in [5.74, 6) is -0.454. The van der Waals surface area contributed by atoms with Gasteiger partial charge in [0.25, 0.3) is 0 Å². The van der Waals surface area contributed by atoms with E-state index in [9.17, 15) is 19.6 Å². The van der Waals surface area contributed by atoms with Gasteiger partial charge in [-0.15, -0.1) is 0 Å². The van der Waals surface area contributed by atoms with Crippen LogP contribution in [0, 0.1) is 15.9 Å². The molecule has 0 radical (unpaired) electrons. The van der Waals surface area contributed by atoms with E-state index in [1.807, 2.05) is 0 Å². The molecule has 0 spiro atoms. The molecular formula is C14H11ClFNO4. The van der Waals surface area contributed by atoms with Crippen LogP contribution in [0.4, 0.5) is 10.1 Å². The summed E-state index contributed by atoms with van der Waals surface area (Å²) in [7, 11) is 0. The van der Waals surface area contributed by atoms with Crippen molar-refractivity contribution in [2.45, 2.75) is 13.0 Å². The van der Waals surface area contributed by atoms with Gasteiger partial charge in [0, 0.05) is 12.1 Å². The maximum absolute atomic E-state index is 13.1. The van der Waals surface area contributed by atoms with E-state index in [0.717, 1.165) is 6.07 Å². The highest BCUT2D eigenvalue weighted by atomic mass is 35.5. The van der Waals surface area contributed by atoms with Gasteiger partial charge in [0.2, 0.25) is 5.75 Å². The molecule has 0 saturated heterocycles. The Bertz CT molecular complexity index is 691. The molecular weight excluding hydrogens is 301 g/mol. The molecule has 0 unspecified atom stereocenters. The van der Waals surface area contributed by atoms with Crippen LogP contribution < -0.4 is 4.74 Å². The summed E-state index contributed by atoms with van der Waals surface area (Å²) in [6.07, 6.45) is -0.835. The van der Waals surface area contributed by atoms with Crippen LogP contribution in [-0.4, -0.2) is 10.0 Å². The third kappa shape index (κ3) is 3.48. The van der Waals surface area contributed by atoms with E-state index < -0.39 is 16.8 Å². The minimum Gasteiger partial charge on any atom is -0.450 e. The summed E-state index contributed by atoms with van der Waals surface area (Å²) in [4.78, 5) is 10.4. The van der Waals surface area contributed by atoms with Gasteiger partial charge in [-0.2, -0.15) is 0 Å². The van der Waals surface area contributed by atoms with Gasteiger partial charge in [-0.3, -0.25) is 10.1 Å². The third-order valence-electron chi connectivity index (χ3n) is 2.78. The third-order valence-corrected chi connectivity index (χ3v) is 3.07. The van der Waals surface area contributed by atoms with Crippen LogP contribution in [0.2, 0.25) is 5.02 Å². The molecule has 0 saturated carbocycles. The number of nitro benzene ring substituents is 1. The number of aliphatic hydroxyl groups excluding tert-OH is 1. The number of aliphatic hydroxyl groups is 1. The van der Waals surface area contributed by atoms with Gasteiger partial charge in [-0.05, 0) is 30.7 Å². The smallest absolute Gasteiger partial charge is 0.311 e. The van der Waals surface area contributed by atoms with Crippen LogP contribution >= 0.6 is 11.6 Å². The Morgan fingerprint density at radius 2 is 2.05 bits per heavy atom. The summed E-state index contributed by atoms with van der Waals surface area (Å²) >= 11 is 5.63. The van der Waals surface area contributed by atoms with Gasteiger partial charge in [0.1, 0.15) is 11.6 Å². The average molecular weight is 312 g/mol. The van der Waals surface area contributed by atoms with Crippen molar-refractivity contribution in [3.63, 3.8) is 0 Å². The molecule has 1 N–H and O–H groups in total. The molecule has 0 aliphatic carbocycles. The van der Waals surface area contributed by atoms with Gasteiger partial charge >= 0.3 is 5.69 Å². The number of benzene rings is 2. The second-order valence-corrected chi connectivity index (χ2v) is 4.75. The van der Waals surface area contributed by atoms with Crippen molar-refractivity contribution < 1.29 is 19.2 Å². The predicted molar refractivity (Wildman–Crippen MR) is 75.2 cm³/mol. The number of hydrogen-bond acceptors (Lipinski definition) is 4. The van der Waals surface area contributed by atoms with E-state index in [4.69, 9.17) is 16.3 Å². The molecule has 0 aliphatic rings. The molecule has 5 nitrogen and oxygen atoms in total. The van der Waals surface area contributed by atoms with E-state index in [0.29, 0.717) is 5.56 Å². The summed E-state index contributed by atoms with van der Waals surface area (Å²) < 4.78 is 18.4. The van der Waals surface area contributed by atoms with Crippen molar-refractivity contribution >= 4 is 17.3 Å². The SMILES string of the molecule is C[C@@H](O)c1ccc(Oc2ccc(F)c(Cl)c2)c([N+](=O)[O-])c1. The standard InChI is InChI=1S/C14H11ClFNO4/c1-8(18)9-2-5-14(13(6-9)17(19)20)21-10-3-4-12(16)11(15)7-10/h2-8,18H,1H3/t8-/m1/s1. The molecule has 0 amide bonds. The Morgan fingerprint density at radius 1 is 1.33 bits per heavy atom. The first-order valence-corrected chi connectivity index (χ1v) is 6.35. The Labute approximate surface area is 124 Å². The zero-order valence-corrected chi connectivity index (χ0v) is 11.7. The van der Waals surface area contributed by atoms with Crippen molar-refractivity contribution in [1.82, 2.24) is 0 Å². The second kappa shape index (κ2) is 6.07. The highest BCUT2D eigenvalue weighted by Crippen LogP contribution is 2.34. The Hall–Kier alpha value is -2.18. The monoisotopic (exact) mass is 311 g/mol. The van der Waals surface area contributed by atoms with E-state index in [-0.39, 0.29) is 22.2 Å². The molecule has 0 aromatic heterocycles. The number of hydrogen-bond donors (Lipinski definition) is 1. The molecule has 2 aromatic carbocycles. The average Bonchev–Trinajstić information content (AvgIpc) is 2.43. The fourth-order valence-electron chi connectivity index (χ4n) is 1.69. The number of ether oxygens (including phenoxy) is 1. The van der Waals surface area contributed by atoms with Crippen molar-refractivity contribution in [1.29, 1.82) is 0 Å². The normalized spacial score (nSPS) is 12.0. The van der Waals surface area contributed by atoms with Crippen molar-refractivity contribution in [3.05, 3.63) is 62.9 Å². The van der Waals surface area contributed by atoms with Gasteiger partial charge in [0.05, 0.1) is 16.0 Å². The number of nitrogens with zero attached hydrogens (tertiary/aromatic N) is 1. The Kier molecular flexibility index (Phi) is 4.40. The van der Waals surface area contributed by atoms with Gasteiger partial charge in [-0.1, -0.05) is 17.7 Å². The minimum atomic E-state index is -0.835. The van der Waals surface area contributed by atoms with Gasteiger partial charge in [0.15, 0.2) is 0 Å². The molecule has 0 bridgehead atoms. The van der Waals surface area contributed by atoms with Gasteiger partial charge in [-0.25, -0.2) is 4.39 Å². The quantitative estimate of drug-likeness (QED) is 0.677. The highest BCUT2D eigenvalue weighted by molar-refractivity contribution is 6.30. The van der Waals surface area contributed by atoms with E-state index in [2.05, 4.69) is 0 Å². The highest BCUT2D eigenvalue weighted by Gasteiger charge is 2.18. The maximum atomic E-state index is 13.1. The molecule has 0 fully saturated rings. The predicted octanol–water partition coefficient (Wildman–Crippen LogP) is 4.23. The summed E-state index contributed by atoms with van der Waals surface area (Å²) in [6.45, 7) is 1.50. The minimum absolute atomic E-state index is 0.0212. The van der Waals surface area contributed by atoms with Crippen LogP contribution in [0.15, 0.2) is 36.4 Å². The molecule has 21 heavy (non-hydrogen) atoms. The molecule has 0 aliphatic heterocycles. The molecule has 2 rings (SSSR count). The van der Waals surface area contributed by atoms with Gasteiger partial charge < -0.3 is 9.84 Å². The van der Waals surface area contributed by atoms with E-state index >= 15 is 0 Å². The molecule has 2 aromatic rings. The fourth-order valence-corrected chi connectivity index (χ4v) is 1.86. The topological polar surface area (TPSA) is 72.6 Å². The fraction of sp³-hybridized carbons (Fsp3) is 0.143. The van der Waals surface area contributed by atoms with Crippen LogP contribution in [-0.2, 0) is 0 Å². The van der Waals surface area contributed by atoms with Crippen molar-refractivity contribution in [3.8, 4) is 11.5 Å². The zero-order valence-electron chi connectivity index (χ0n) is 10.9. The zero-order chi connectivity index (χ0) is 15.6. The van der Waals surface area contributed by atoms with Crippen molar-refractivity contribution in [2.24, 2.45) is 0 Å². The lowest BCUT2D eigenvalue weighted by atomic mass is 10.1. The van der Waals surface area contributed by atoms with E-state index in [1.54, 1.807) is 0 Å². The van der Waals surface area contributed by atoms with E-state index in [1.165, 1.54) is 37.3 Å². The number of nitro groups is 1.